The Morgan fingerprint density at radius 2 is 1.59 bits per heavy atom. The molecule has 208 valence electrons. The molecule has 3 fully saturated rings. The van der Waals surface area contributed by atoms with Crippen molar-refractivity contribution in [1.82, 2.24) is 19.0 Å². The fourth-order valence-corrected chi connectivity index (χ4v) is 8.17. The van der Waals surface area contributed by atoms with Gasteiger partial charge in [0.15, 0.2) is 0 Å². The van der Waals surface area contributed by atoms with Crippen LogP contribution in [0.5, 0.6) is 5.75 Å². The van der Waals surface area contributed by atoms with Crippen LogP contribution in [0.15, 0.2) is 17.0 Å². The summed E-state index contributed by atoms with van der Waals surface area (Å²) in [6, 6.07) is 3.89. The summed E-state index contributed by atoms with van der Waals surface area (Å²) in [6.07, 6.45) is 4.91. The van der Waals surface area contributed by atoms with Crippen molar-refractivity contribution < 1.29 is 22.7 Å². The van der Waals surface area contributed by atoms with Crippen LogP contribution < -0.4 is 4.74 Å². The summed E-state index contributed by atoms with van der Waals surface area (Å²) in [5.41, 5.74) is 1.35. The number of hydrogen-bond donors (Lipinski definition) is 0. The zero-order valence-electron chi connectivity index (χ0n) is 22.9. The molecule has 3 aliphatic heterocycles. The van der Waals surface area contributed by atoms with Crippen molar-refractivity contribution in [2.45, 2.75) is 62.9 Å². The van der Waals surface area contributed by atoms with E-state index in [0.717, 1.165) is 58.5 Å². The van der Waals surface area contributed by atoms with Gasteiger partial charge in [-0.25, -0.2) is 8.42 Å². The lowest BCUT2D eigenvalue weighted by Gasteiger charge is -2.42. The third kappa shape index (κ3) is 6.65. The Morgan fingerprint density at radius 1 is 0.946 bits per heavy atom. The maximum atomic E-state index is 13.7. The molecule has 1 aromatic carbocycles. The van der Waals surface area contributed by atoms with E-state index in [9.17, 15) is 13.2 Å². The lowest BCUT2D eigenvalue weighted by molar-refractivity contribution is -0.138. The molecule has 0 N–H and O–H groups in total. The number of benzene rings is 1. The van der Waals surface area contributed by atoms with Crippen LogP contribution in [0.1, 0.15) is 43.2 Å². The quantitative estimate of drug-likeness (QED) is 0.503. The number of likely N-dealkylation sites (tertiary alicyclic amines) is 1. The Balaban J connectivity index is 1.30. The summed E-state index contributed by atoms with van der Waals surface area (Å²) in [6.45, 7) is 9.88. The molecule has 9 nitrogen and oxygen atoms in total. The van der Waals surface area contributed by atoms with Gasteiger partial charge < -0.3 is 19.3 Å². The van der Waals surface area contributed by atoms with Crippen molar-refractivity contribution in [3.05, 3.63) is 23.3 Å². The first-order chi connectivity index (χ1) is 17.7. The molecule has 37 heavy (non-hydrogen) atoms. The van der Waals surface area contributed by atoms with Gasteiger partial charge in [-0.3, -0.25) is 9.69 Å². The first-order valence-electron chi connectivity index (χ1n) is 13.7. The molecule has 0 aromatic heterocycles. The maximum Gasteiger partial charge on any atom is 0.248 e. The van der Waals surface area contributed by atoms with E-state index in [2.05, 4.69) is 16.8 Å². The summed E-state index contributed by atoms with van der Waals surface area (Å²) in [5, 5.41) is 0. The van der Waals surface area contributed by atoms with E-state index in [1.165, 1.54) is 12.8 Å². The number of piperazine rings is 1. The molecule has 1 amide bonds. The van der Waals surface area contributed by atoms with E-state index in [-0.39, 0.29) is 25.2 Å². The van der Waals surface area contributed by atoms with Gasteiger partial charge in [0.1, 0.15) is 12.4 Å². The van der Waals surface area contributed by atoms with Gasteiger partial charge in [-0.1, -0.05) is 6.42 Å². The Labute approximate surface area is 222 Å². The lowest BCUT2D eigenvalue weighted by Crippen LogP contribution is -2.54. The second-order valence-corrected chi connectivity index (χ2v) is 12.6. The maximum absolute atomic E-state index is 13.7. The molecule has 3 saturated heterocycles. The molecular weight excluding hydrogens is 492 g/mol. The number of rotatable bonds is 8. The van der Waals surface area contributed by atoms with Crippen LogP contribution >= 0.6 is 0 Å². The fraction of sp³-hybridized carbons (Fsp3) is 0.741. The number of amides is 1. The van der Waals surface area contributed by atoms with Crippen LogP contribution in [0.2, 0.25) is 0 Å². The van der Waals surface area contributed by atoms with Crippen molar-refractivity contribution in [2.75, 3.05) is 73.2 Å². The predicted molar refractivity (Wildman–Crippen MR) is 143 cm³/mol. The van der Waals surface area contributed by atoms with Crippen LogP contribution in [0.4, 0.5) is 0 Å². The molecule has 4 rings (SSSR count). The predicted octanol–water partition coefficient (Wildman–Crippen LogP) is 2.11. The fourth-order valence-electron chi connectivity index (χ4n) is 6.08. The Morgan fingerprint density at radius 3 is 2.22 bits per heavy atom. The molecule has 10 heteroatoms. The number of piperidine rings is 2. The zero-order valence-corrected chi connectivity index (χ0v) is 23.8. The minimum absolute atomic E-state index is 0.000791. The number of hydrogen-bond acceptors (Lipinski definition) is 7. The monoisotopic (exact) mass is 536 g/mol. The minimum atomic E-state index is -3.70. The Bertz CT molecular complexity index is 1010. The average Bonchev–Trinajstić information content (AvgIpc) is 2.88. The Hall–Kier alpha value is -1.72. The number of sulfonamides is 1. The van der Waals surface area contributed by atoms with Crippen LogP contribution in [0.25, 0.3) is 0 Å². The molecule has 0 radical (unpaired) electrons. The molecule has 0 bridgehead atoms. The minimum Gasteiger partial charge on any atom is -0.497 e. The van der Waals surface area contributed by atoms with Crippen molar-refractivity contribution in [3.63, 3.8) is 0 Å². The highest BCUT2D eigenvalue weighted by Crippen LogP contribution is 2.32. The highest BCUT2D eigenvalue weighted by Gasteiger charge is 2.36. The summed E-state index contributed by atoms with van der Waals surface area (Å²) in [5.74, 6) is 0.647. The van der Waals surface area contributed by atoms with Gasteiger partial charge >= 0.3 is 0 Å². The topological polar surface area (TPSA) is 82.6 Å². The van der Waals surface area contributed by atoms with E-state index in [0.29, 0.717) is 34.4 Å². The van der Waals surface area contributed by atoms with Crippen LogP contribution in [0.3, 0.4) is 0 Å². The van der Waals surface area contributed by atoms with E-state index >= 15 is 0 Å². The van der Waals surface area contributed by atoms with Crippen molar-refractivity contribution in [2.24, 2.45) is 0 Å². The second-order valence-electron chi connectivity index (χ2n) is 10.8. The molecule has 1 aromatic rings. The van der Waals surface area contributed by atoms with Crippen molar-refractivity contribution >= 4 is 15.9 Å². The van der Waals surface area contributed by atoms with Crippen molar-refractivity contribution in [1.29, 1.82) is 0 Å². The van der Waals surface area contributed by atoms with Gasteiger partial charge in [0.05, 0.1) is 18.6 Å². The second kappa shape index (κ2) is 12.4. The van der Waals surface area contributed by atoms with Crippen LogP contribution in [0, 0.1) is 13.8 Å². The molecule has 0 aliphatic carbocycles. The molecule has 1 atom stereocenters. The van der Waals surface area contributed by atoms with Gasteiger partial charge in [-0.05, 0) is 82.9 Å². The standard InChI is InChI=1S/C27H44N4O5S/c1-21-17-25(35-4)18-22(2)27(21)37(33,34)31-10-6-5-7-24(31)19-36-20-26(32)30-15-13-29(14-16-30)23-8-11-28(3)12-9-23/h17-18,23-24H,5-16,19-20H2,1-4H3. The molecule has 0 saturated carbocycles. The Kier molecular flexibility index (Phi) is 9.50. The van der Waals surface area contributed by atoms with E-state index in [4.69, 9.17) is 9.47 Å². The number of methoxy groups -OCH3 is 1. The van der Waals surface area contributed by atoms with E-state index in [1.807, 2.05) is 18.7 Å². The smallest absolute Gasteiger partial charge is 0.248 e. The third-order valence-corrected chi connectivity index (χ3v) is 10.5. The summed E-state index contributed by atoms with van der Waals surface area (Å²) in [4.78, 5) is 20.0. The summed E-state index contributed by atoms with van der Waals surface area (Å²) < 4.78 is 40.2. The number of carbonyl (C=O) groups excluding carboxylic acids is 1. The average molecular weight is 537 g/mol. The van der Waals surface area contributed by atoms with E-state index < -0.39 is 10.0 Å². The zero-order chi connectivity index (χ0) is 26.6. The van der Waals surface area contributed by atoms with Gasteiger partial charge in [0.25, 0.3) is 0 Å². The number of ether oxygens (including phenoxy) is 2. The summed E-state index contributed by atoms with van der Waals surface area (Å²) in [7, 11) is 0.0619. The SMILES string of the molecule is COc1cc(C)c(S(=O)(=O)N2CCCCC2COCC(=O)N2CCN(C3CCN(C)CC3)CC2)c(C)c1. The molecule has 0 spiro atoms. The highest BCUT2D eigenvalue weighted by molar-refractivity contribution is 7.89. The first-order valence-corrected chi connectivity index (χ1v) is 15.1. The third-order valence-electron chi connectivity index (χ3n) is 8.22. The van der Waals surface area contributed by atoms with Gasteiger partial charge in [-0.15, -0.1) is 0 Å². The normalized spacial score (nSPS) is 23.4. The lowest BCUT2D eigenvalue weighted by atomic mass is 10.0. The van der Waals surface area contributed by atoms with Gasteiger partial charge in [0, 0.05) is 44.8 Å². The molecule has 1 unspecified atom stereocenters. The highest BCUT2D eigenvalue weighted by atomic mass is 32.2. The molecule has 3 heterocycles. The number of carbonyl (C=O) groups is 1. The molecule has 3 aliphatic rings. The molecular formula is C27H44N4O5S. The van der Waals surface area contributed by atoms with Crippen molar-refractivity contribution in [3.8, 4) is 5.75 Å². The van der Waals surface area contributed by atoms with Crippen LogP contribution in [-0.4, -0.2) is 119 Å². The van der Waals surface area contributed by atoms with Crippen LogP contribution in [-0.2, 0) is 19.6 Å². The number of aryl methyl sites for hydroxylation is 2. The van der Waals surface area contributed by atoms with Gasteiger partial charge in [-0.2, -0.15) is 4.31 Å². The largest absolute Gasteiger partial charge is 0.497 e. The van der Waals surface area contributed by atoms with E-state index in [1.54, 1.807) is 23.5 Å². The first kappa shape index (κ1) is 28.3. The summed E-state index contributed by atoms with van der Waals surface area (Å²) >= 11 is 0. The van der Waals surface area contributed by atoms with Gasteiger partial charge in [0.2, 0.25) is 15.9 Å². The number of nitrogens with zero attached hydrogens (tertiary/aromatic N) is 4.